The fraction of sp³-hybridized carbons (Fsp3) is 0.562. The maximum Gasteiger partial charge on any atom is 0.0995 e. The van der Waals surface area contributed by atoms with E-state index in [1.807, 2.05) is 18.2 Å². The summed E-state index contributed by atoms with van der Waals surface area (Å²) in [5.74, 6) is 0. The van der Waals surface area contributed by atoms with E-state index in [-0.39, 0.29) is 0 Å². The summed E-state index contributed by atoms with van der Waals surface area (Å²) >= 11 is 0. The average molecular weight is 257 g/mol. The molecule has 0 bridgehead atoms. The van der Waals surface area contributed by atoms with Crippen molar-refractivity contribution in [3.8, 4) is 6.07 Å². The Kier molecular flexibility index (Phi) is 5.38. The van der Waals surface area contributed by atoms with Crippen LogP contribution in [0.2, 0.25) is 0 Å². The Morgan fingerprint density at radius 3 is 2.89 bits per heavy atom. The molecule has 0 radical (unpaired) electrons. The van der Waals surface area contributed by atoms with Crippen molar-refractivity contribution < 1.29 is 0 Å². The van der Waals surface area contributed by atoms with Gasteiger partial charge in [-0.3, -0.25) is 4.90 Å². The number of hydrogen-bond acceptors (Lipinski definition) is 3. The molecular formula is C16H23N3. The minimum atomic E-state index is 0.614. The molecule has 1 heterocycles. The number of likely N-dealkylation sites (N-methyl/N-ethyl adjacent to an activating group) is 1. The van der Waals surface area contributed by atoms with Gasteiger partial charge in [-0.05, 0) is 37.6 Å². The third kappa shape index (κ3) is 4.05. The molecule has 0 amide bonds. The van der Waals surface area contributed by atoms with Crippen LogP contribution in [0.25, 0.3) is 0 Å². The van der Waals surface area contributed by atoms with Gasteiger partial charge in [0.05, 0.1) is 11.6 Å². The number of nitriles is 1. The maximum atomic E-state index is 9.14. The second kappa shape index (κ2) is 7.28. The maximum absolute atomic E-state index is 9.14. The molecule has 3 nitrogen and oxygen atoms in total. The molecule has 102 valence electrons. The molecule has 0 saturated carbocycles. The van der Waals surface area contributed by atoms with Gasteiger partial charge in [0.25, 0.3) is 0 Å². The fourth-order valence-corrected chi connectivity index (χ4v) is 2.71. The quantitative estimate of drug-likeness (QED) is 0.881. The monoisotopic (exact) mass is 257 g/mol. The minimum absolute atomic E-state index is 0.614. The highest BCUT2D eigenvalue weighted by atomic mass is 15.1. The summed E-state index contributed by atoms with van der Waals surface area (Å²) in [4.78, 5) is 2.43. The first-order valence-corrected chi connectivity index (χ1v) is 7.27. The van der Waals surface area contributed by atoms with E-state index in [4.69, 9.17) is 5.26 Å². The Bertz CT molecular complexity index is 430. The third-order valence-corrected chi connectivity index (χ3v) is 3.87. The number of piperidine rings is 1. The Balaban J connectivity index is 1.96. The molecule has 1 aromatic carbocycles. The van der Waals surface area contributed by atoms with E-state index in [0.717, 1.165) is 37.3 Å². The fourth-order valence-electron chi connectivity index (χ4n) is 2.71. The second-order valence-electron chi connectivity index (χ2n) is 5.24. The summed E-state index contributed by atoms with van der Waals surface area (Å²) in [6.45, 7) is 6.32. The summed E-state index contributed by atoms with van der Waals surface area (Å²) in [7, 11) is 0. The molecule has 1 unspecified atom stereocenters. The number of hydrogen-bond donors (Lipinski definition) is 1. The van der Waals surface area contributed by atoms with E-state index in [0.29, 0.717) is 6.04 Å². The Morgan fingerprint density at radius 2 is 2.21 bits per heavy atom. The highest BCUT2D eigenvalue weighted by molar-refractivity contribution is 5.37. The predicted molar refractivity (Wildman–Crippen MR) is 77.7 cm³/mol. The summed E-state index contributed by atoms with van der Waals surface area (Å²) in [5, 5.41) is 12.7. The minimum Gasteiger partial charge on any atom is -0.313 e. The first-order chi connectivity index (χ1) is 9.33. The lowest BCUT2D eigenvalue weighted by Gasteiger charge is -2.30. The van der Waals surface area contributed by atoms with Crippen LogP contribution in [0.5, 0.6) is 0 Å². The standard InChI is InChI=1S/C16H23N3/c1-2-19(13-16-9-5-6-10-18-16)12-15-8-4-3-7-14(15)11-17/h3-4,7-8,16,18H,2,5-6,9-10,12-13H2,1H3. The molecule has 1 aromatic rings. The molecule has 1 aliphatic rings. The highest BCUT2D eigenvalue weighted by Gasteiger charge is 2.16. The van der Waals surface area contributed by atoms with Crippen LogP contribution >= 0.6 is 0 Å². The first-order valence-electron chi connectivity index (χ1n) is 7.27. The van der Waals surface area contributed by atoms with E-state index >= 15 is 0 Å². The van der Waals surface area contributed by atoms with Crippen LogP contribution in [-0.4, -0.2) is 30.6 Å². The van der Waals surface area contributed by atoms with Gasteiger partial charge in [-0.15, -0.1) is 0 Å². The van der Waals surface area contributed by atoms with Gasteiger partial charge in [-0.1, -0.05) is 31.5 Å². The molecule has 0 aromatic heterocycles. The molecule has 1 aliphatic heterocycles. The van der Waals surface area contributed by atoms with Crippen LogP contribution in [0.4, 0.5) is 0 Å². The number of rotatable bonds is 5. The zero-order valence-electron chi connectivity index (χ0n) is 11.7. The zero-order chi connectivity index (χ0) is 13.5. The van der Waals surface area contributed by atoms with Crippen molar-refractivity contribution in [3.05, 3.63) is 35.4 Å². The molecule has 0 spiro atoms. The van der Waals surface area contributed by atoms with Gasteiger partial charge < -0.3 is 5.32 Å². The number of nitrogens with one attached hydrogen (secondary N) is 1. The van der Waals surface area contributed by atoms with Crippen LogP contribution in [0.15, 0.2) is 24.3 Å². The SMILES string of the molecule is CCN(Cc1ccccc1C#N)CC1CCCCN1. The van der Waals surface area contributed by atoms with E-state index in [9.17, 15) is 0 Å². The predicted octanol–water partition coefficient (Wildman–Crippen LogP) is 2.52. The van der Waals surface area contributed by atoms with Gasteiger partial charge in [0.2, 0.25) is 0 Å². The van der Waals surface area contributed by atoms with Crippen LogP contribution in [0.1, 0.15) is 37.3 Å². The molecule has 1 atom stereocenters. The summed E-state index contributed by atoms with van der Waals surface area (Å²) in [6, 6.07) is 10.8. The number of nitrogens with zero attached hydrogens (tertiary/aromatic N) is 2. The Hall–Kier alpha value is -1.37. The zero-order valence-corrected chi connectivity index (χ0v) is 11.7. The van der Waals surface area contributed by atoms with Gasteiger partial charge in [-0.25, -0.2) is 0 Å². The van der Waals surface area contributed by atoms with Gasteiger partial charge in [-0.2, -0.15) is 5.26 Å². The van der Waals surface area contributed by atoms with Crippen molar-refractivity contribution in [2.75, 3.05) is 19.6 Å². The average Bonchev–Trinajstić information content (AvgIpc) is 2.48. The van der Waals surface area contributed by atoms with Crippen molar-refractivity contribution in [2.24, 2.45) is 0 Å². The van der Waals surface area contributed by atoms with Crippen molar-refractivity contribution in [1.29, 1.82) is 5.26 Å². The summed E-state index contributed by atoms with van der Waals surface area (Å²) in [6.07, 6.45) is 3.92. The molecular weight excluding hydrogens is 234 g/mol. The van der Waals surface area contributed by atoms with Crippen molar-refractivity contribution in [1.82, 2.24) is 10.2 Å². The van der Waals surface area contributed by atoms with Gasteiger partial charge in [0.1, 0.15) is 0 Å². The van der Waals surface area contributed by atoms with Crippen molar-refractivity contribution in [3.63, 3.8) is 0 Å². The van der Waals surface area contributed by atoms with Crippen LogP contribution in [0.3, 0.4) is 0 Å². The molecule has 1 N–H and O–H groups in total. The largest absolute Gasteiger partial charge is 0.313 e. The van der Waals surface area contributed by atoms with Gasteiger partial charge in [0, 0.05) is 19.1 Å². The highest BCUT2D eigenvalue weighted by Crippen LogP contribution is 2.13. The normalized spacial score (nSPS) is 19.3. The molecule has 0 aliphatic carbocycles. The van der Waals surface area contributed by atoms with Crippen LogP contribution < -0.4 is 5.32 Å². The second-order valence-corrected chi connectivity index (χ2v) is 5.24. The molecule has 3 heteroatoms. The molecule has 1 fully saturated rings. The van der Waals surface area contributed by atoms with Gasteiger partial charge >= 0.3 is 0 Å². The third-order valence-electron chi connectivity index (χ3n) is 3.87. The summed E-state index contributed by atoms with van der Waals surface area (Å²) in [5.41, 5.74) is 1.94. The van der Waals surface area contributed by atoms with Gasteiger partial charge in [0.15, 0.2) is 0 Å². The molecule has 2 rings (SSSR count). The lowest BCUT2D eigenvalue weighted by molar-refractivity contribution is 0.226. The lowest BCUT2D eigenvalue weighted by Crippen LogP contribution is -2.43. The van der Waals surface area contributed by atoms with E-state index in [1.165, 1.54) is 19.3 Å². The number of benzene rings is 1. The first kappa shape index (κ1) is 14.0. The van der Waals surface area contributed by atoms with Crippen LogP contribution in [-0.2, 0) is 6.54 Å². The van der Waals surface area contributed by atoms with Crippen molar-refractivity contribution in [2.45, 2.75) is 38.8 Å². The van der Waals surface area contributed by atoms with Crippen molar-refractivity contribution >= 4 is 0 Å². The molecule has 19 heavy (non-hydrogen) atoms. The Morgan fingerprint density at radius 1 is 1.37 bits per heavy atom. The summed E-state index contributed by atoms with van der Waals surface area (Å²) < 4.78 is 0. The topological polar surface area (TPSA) is 39.1 Å². The van der Waals surface area contributed by atoms with E-state index in [2.05, 4.69) is 29.3 Å². The molecule has 1 saturated heterocycles. The smallest absolute Gasteiger partial charge is 0.0995 e. The van der Waals surface area contributed by atoms with E-state index < -0.39 is 0 Å². The lowest BCUT2D eigenvalue weighted by atomic mass is 10.0. The van der Waals surface area contributed by atoms with Crippen LogP contribution in [0, 0.1) is 11.3 Å². The Labute approximate surface area is 116 Å². The van der Waals surface area contributed by atoms with E-state index in [1.54, 1.807) is 0 Å².